The lowest BCUT2D eigenvalue weighted by Crippen LogP contribution is -2.28. The maximum atomic E-state index is 12.5. The average molecular weight is 364 g/mol. The molecule has 0 atom stereocenters. The van der Waals surface area contributed by atoms with Crippen molar-refractivity contribution in [2.45, 2.75) is 46.6 Å². The van der Waals surface area contributed by atoms with Crippen molar-refractivity contribution in [3.8, 4) is 0 Å². The summed E-state index contributed by atoms with van der Waals surface area (Å²) in [5.74, 6) is -0.289. The van der Waals surface area contributed by atoms with Crippen molar-refractivity contribution in [2.24, 2.45) is 4.99 Å². The standard InChI is InChI=1S/C23H28N2O2/c1-17-7-9-20(10-8-17)15-27-23(26)21-13-19(3)22(14-18(21)2)24-16-25-11-5-4-6-12-25/h7-10,13-14,16H,4-6,11-12,15H2,1-3H3/b24-16+. The number of aryl methyl sites for hydroxylation is 3. The first kappa shape index (κ1) is 19.2. The number of carbonyl (C=O) groups excluding carboxylic acids is 1. The second-order valence-corrected chi connectivity index (χ2v) is 7.36. The van der Waals surface area contributed by atoms with Crippen LogP contribution in [0.4, 0.5) is 5.69 Å². The third kappa shape index (κ3) is 5.19. The van der Waals surface area contributed by atoms with Crippen molar-refractivity contribution >= 4 is 18.0 Å². The van der Waals surface area contributed by atoms with E-state index in [0.29, 0.717) is 5.56 Å². The monoisotopic (exact) mass is 364 g/mol. The second-order valence-electron chi connectivity index (χ2n) is 7.36. The number of ether oxygens (including phenoxy) is 1. The zero-order valence-electron chi connectivity index (χ0n) is 16.5. The van der Waals surface area contributed by atoms with Crippen LogP contribution in [0.1, 0.15) is 51.9 Å². The molecule has 1 aliphatic rings. The van der Waals surface area contributed by atoms with Crippen LogP contribution in [-0.2, 0) is 11.3 Å². The topological polar surface area (TPSA) is 41.9 Å². The quantitative estimate of drug-likeness (QED) is 0.420. The van der Waals surface area contributed by atoms with Crippen molar-refractivity contribution in [1.82, 2.24) is 4.90 Å². The molecule has 2 aromatic carbocycles. The number of carbonyl (C=O) groups is 1. The fourth-order valence-electron chi connectivity index (χ4n) is 3.25. The van der Waals surface area contributed by atoms with E-state index in [1.807, 2.05) is 63.5 Å². The third-order valence-corrected chi connectivity index (χ3v) is 5.00. The van der Waals surface area contributed by atoms with E-state index in [2.05, 4.69) is 9.89 Å². The number of piperidine rings is 1. The fraction of sp³-hybridized carbons (Fsp3) is 0.391. The Balaban J connectivity index is 1.66. The Morgan fingerprint density at radius 2 is 1.74 bits per heavy atom. The van der Waals surface area contributed by atoms with E-state index in [0.717, 1.165) is 35.5 Å². The normalized spacial score (nSPS) is 14.6. The summed E-state index contributed by atoms with van der Waals surface area (Å²) in [6.45, 7) is 8.39. The molecule has 0 unspecified atom stereocenters. The molecule has 1 fully saturated rings. The van der Waals surface area contributed by atoms with Gasteiger partial charge in [-0.3, -0.25) is 0 Å². The van der Waals surface area contributed by atoms with Gasteiger partial charge in [0.25, 0.3) is 0 Å². The zero-order chi connectivity index (χ0) is 19.2. The molecule has 0 spiro atoms. The van der Waals surface area contributed by atoms with Gasteiger partial charge in [-0.1, -0.05) is 29.8 Å². The lowest BCUT2D eigenvalue weighted by Gasteiger charge is -2.23. The summed E-state index contributed by atoms with van der Waals surface area (Å²) in [6.07, 6.45) is 5.71. The number of aliphatic imine (C=N–C) groups is 1. The van der Waals surface area contributed by atoms with Crippen molar-refractivity contribution in [3.63, 3.8) is 0 Å². The number of benzene rings is 2. The molecule has 4 heteroatoms. The van der Waals surface area contributed by atoms with E-state index in [1.165, 1.54) is 24.8 Å². The van der Waals surface area contributed by atoms with Gasteiger partial charge >= 0.3 is 5.97 Å². The Kier molecular flexibility index (Phi) is 6.28. The number of hydrogen-bond acceptors (Lipinski definition) is 3. The second kappa shape index (κ2) is 8.85. The zero-order valence-corrected chi connectivity index (χ0v) is 16.5. The number of esters is 1. The van der Waals surface area contributed by atoms with Crippen molar-refractivity contribution < 1.29 is 9.53 Å². The number of hydrogen-bond donors (Lipinski definition) is 0. The average Bonchev–Trinajstić information content (AvgIpc) is 2.68. The fourth-order valence-corrected chi connectivity index (χ4v) is 3.25. The first-order chi connectivity index (χ1) is 13.0. The molecule has 1 saturated heterocycles. The Hall–Kier alpha value is -2.62. The molecule has 0 aromatic heterocycles. The summed E-state index contributed by atoms with van der Waals surface area (Å²) in [5, 5.41) is 0. The minimum atomic E-state index is -0.289. The van der Waals surface area contributed by atoms with Crippen LogP contribution in [0.25, 0.3) is 0 Å². The van der Waals surface area contributed by atoms with Crippen LogP contribution >= 0.6 is 0 Å². The highest BCUT2D eigenvalue weighted by molar-refractivity contribution is 5.92. The Morgan fingerprint density at radius 3 is 2.44 bits per heavy atom. The minimum Gasteiger partial charge on any atom is -0.457 e. The number of nitrogens with zero attached hydrogens (tertiary/aromatic N) is 2. The number of likely N-dealkylation sites (tertiary alicyclic amines) is 1. The molecule has 27 heavy (non-hydrogen) atoms. The van der Waals surface area contributed by atoms with E-state index < -0.39 is 0 Å². The van der Waals surface area contributed by atoms with Crippen LogP contribution in [0.2, 0.25) is 0 Å². The molecular weight excluding hydrogens is 336 g/mol. The summed E-state index contributed by atoms with van der Waals surface area (Å²) < 4.78 is 5.50. The Labute approximate surface area is 161 Å². The SMILES string of the molecule is Cc1ccc(COC(=O)c2cc(C)c(/N=C/N3CCCCC3)cc2C)cc1. The minimum absolute atomic E-state index is 0.284. The lowest BCUT2D eigenvalue weighted by molar-refractivity contribution is 0.0472. The molecule has 0 radical (unpaired) electrons. The summed E-state index contributed by atoms with van der Waals surface area (Å²) in [6, 6.07) is 11.9. The van der Waals surface area contributed by atoms with E-state index in [4.69, 9.17) is 4.74 Å². The molecule has 0 aliphatic carbocycles. The Morgan fingerprint density at radius 1 is 1.04 bits per heavy atom. The summed E-state index contributed by atoms with van der Waals surface area (Å²) >= 11 is 0. The van der Waals surface area contributed by atoms with Crippen molar-refractivity contribution in [2.75, 3.05) is 13.1 Å². The van der Waals surface area contributed by atoms with Gasteiger partial charge in [-0.2, -0.15) is 0 Å². The van der Waals surface area contributed by atoms with E-state index in [1.54, 1.807) is 0 Å². The highest BCUT2D eigenvalue weighted by Gasteiger charge is 2.14. The molecular formula is C23H28N2O2. The highest BCUT2D eigenvalue weighted by atomic mass is 16.5. The van der Waals surface area contributed by atoms with Crippen LogP contribution in [-0.4, -0.2) is 30.3 Å². The Bertz CT molecular complexity index is 819. The van der Waals surface area contributed by atoms with E-state index in [-0.39, 0.29) is 12.6 Å². The molecule has 142 valence electrons. The van der Waals surface area contributed by atoms with Crippen LogP contribution in [0.15, 0.2) is 41.4 Å². The van der Waals surface area contributed by atoms with E-state index in [9.17, 15) is 4.79 Å². The van der Waals surface area contributed by atoms with Crippen LogP contribution < -0.4 is 0 Å². The van der Waals surface area contributed by atoms with Gasteiger partial charge in [-0.25, -0.2) is 9.79 Å². The molecule has 0 N–H and O–H groups in total. The lowest BCUT2D eigenvalue weighted by atomic mass is 10.0. The summed E-state index contributed by atoms with van der Waals surface area (Å²) in [4.78, 5) is 19.4. The van der Waals surface area contributed by atoms with Gasteiger partial charge in [-0.05, 0) is 68.9 Å². The largest absolute Gasteiger partial charge is 0.457 e. The van der Waals surface area contributed by atoms with Crippen LogP contribution in [0.5, 0.6) is 0 Å². The van der Waals surface area contributed by atoms with Gasteiger partial charge < -0.3 is 9.64 Å². The number of rotatable bonds is 5. The summed E-state index contributed by atoms with van der Waals surface area (Å²) in [7, 11) is 0. The predicted molar refractivity (Wildman–Crippen MR) is 110 cm³/mol. The first-order valence-electron chi connectivity index (χ1n) is 9.65. The maximum absolute atomic E-state index is 12.5. The molecule has 2 aromatic rings. The van der Waals surface area contributed by atoms with Crippen molar-refractivity contribution in [3.05, 3.63) is 64.2 Å². The molecule has 0 amide bonds. The molecule has 1 aliphatic heterocycles. The maximum Gasteiger partial charge on any atom is 0.338 e. The van der Waals surface area contributed by atoms with Gasteiger partial charge in [0.15, 0.2) is 0 Å². The highest BCUT2D eigenvalue weighted by Crippen LogP contribution is 2.24. The molecule has 0 bridgehead atoms. The summed E-state index contributed by atoms with van der Waals surface area (Å²) in [5.41, 5.74) is 5.57. The van der Waals surface area contributed by atoms with E-state index >= 15 is 0 Å². The molecule has 0 saturated carbocycles. The van der Waals surface area contributed by atoms with Gasteiger partial charge in [0.1, 0.15) is 6.61 Å². The molecule has 3 rings (SSSR count). The molecule has 1 heterocycles. The first-order valence-corrected chi connectivity index (χ1v) is 9.65. The smallest absolute Gasteiger partial charge is 0.338 e. The predicted octanol–water partition coefficient (Wildman–Crippen LogP) is 5.11. The van der Waals surface area contributed by atoms with Gasteiger partial charge in [0, 0.05) is 13.1 Å². The van der Waals surface area contributed by atoms with Gasteiger partial charge in [-0.15, -0.1) is 0 Å². The van der Waals surface area contributed by atoms with Crippen LogP contribution in [0, 0.1) is 20.8 Å². The van der Waals surface area contributed by atoms with Gasteiger partial charge in [0.2, 0.25) is 0 Å². The van der Waals surface area contributed by atoms with Crippen LogP contribution in [0.3, 0.4) is 0 Å². The third-order valence-electron chi connectivity index (χ3n) is 5.00. The van der Waals surface area contributed by atoms with Gasteiger partial charge in [0.05, 0.1) is 17.6 Å². The molecule has 4 nitrogen and oxygen atoms in total. The van der Waals surface area contributed by atoms with Crippen molar-refractivity contribution in [1.29, 1.82) is 0 Å².